The SMILES string of the molecule is CCc1c(C)c2ccc(NC(=O)/C=C\c3ccccc3)cc2[nH]c1=O. The van der Waals surface area contributed by atoms with Crippen molar-refractivity contribution in [3.8, 4) is 0 Å². The Kier molecular flexibility index (Phi) is 4.80. The van der Waals surface area contributed by atoms with Gasteiger partial charge in [0.25, 0.3) is 5.56 Å². The summed E-state index contributed by atoms with van der Waals surface area (Å²) in [5.41, 5.74) is 4.06. The van der Waals surface area contributed by atoms with E-state index in [9.17, 15) is 9.59 Å². The van der Waals surface area contributed by atoms with Crippen LogP contribution in [0.1, 0.15) is 23.6 Å². The topological polar surface area (TPSA) is 62.0 Å². The fraction of sp³-hybridized carbons (Fsp3) is 0.143. The molecule has 1 aromatic heterocycles. The van der Waals surface area contributed by atoms with Gasteiger partial charge in [0.2, 0.25) is 5.91 Å². The van der Waals surface area contributed by atoms with Crippen molar-refractivity contribution in [3.63, 3.8) is 0 Å². The van der Waals surface area contributed by atoms with Crippen LogP contribution in [0.4, 0.5) is 5.69 Å². The number of nitrogens with one attached hydrogen (secondary N) is 2. The number of carbonyl (C=O) groups is 1. The second-order valence-corrected chi connectivity index (χ2v) is 5.90. The first-order valence-corrected chi connectivity index (χ1v) is 8.28. The summed E-state index contributed by atoms with van der Waals surface area (Å²) in [6.45, 7) is 3.92. The van der Waals surface area contributed by atoms with E-state index in [4.69, 9.17) is 0 Å². The molecule has 0 aliphatic carbocycles. The zero-order valence-electron chi connectivity index (χ0n) is 14.3. The van der Waals surface area contributed by atoms with E-state index < -0.39 is 0 Å². The molecule has 0 radical (unpaired) electrons. The molecule has 0 bridgehead atoms. The van der Waals surface area contributed by atoms with Crippen molar-refractivity contribution >= 4 is 28.6 Å². The maximum absolute atomic E-state index is 12.1. The minimum Gasteiger partial charge on any atom is -0.322 e. The third-order valence-electron chi connectivity index (χ3n) is 4.25. The molecule has 126 valence electrons. The molecule has 0 fully saturated rings. The fourth-order valence-electron chi connectivity index (χ4n) is 2.93. The number of aryl methyl sites for hydroxylation is 1. The Bertz CT molecular complexity index is 1000. The highest BCUT2D eigenvalue weighted by atomic mass is 16.1. The lowest BCUT2D eigenvalue weighted by Crippen LogP contribution is -2.14. The molecule has 0 saturated heterocycles. The molecule has 25 heavy (non-hydrogen) atoms. The lowest BCUT2D eigenvalue weighted by atomic mass is 10.0. The van der Waals surface area contributed by atoms with Gasteiger partial charge in [-0.15, -0.1) is 0 Å². The Balaban J connectivity index is 1.84. The molecule has 0 saturated carbocycles. The monoisotopic (exact) mass is 332 g/mol. The Labute approximate surface area is 146 Å². The second kappa shape index (κ2) is 7.18. The lowest BCUT2D eigenvalue weighted by Gasteiger charge is -2.09. The maximum Gasteiger partial charge on any atom is 0.251 e. The van der Waals surface area contributed by atoms with Crippen molar-refractivity contribution in [2.75, 3.05) is 5.32 Å². The summed E-state index contributed by atoms with van der Waals surface area (Å²) in [4.78, 5) is 27.1. The van der Waals surface area contributed by atoms with Crippen LogP contribution in [-0.2, 0) is 11.2 Å². The van der Waals surface area contributed by atoms with E-state index in [0.717, 1.165) is 27.6 Å². The van der Waals surface area contributed by atoms with Crippen molar-refractivity contribution in [1.82, 2.24) is 4.98 Å². The normalized spacial score (nSPS) is 11.1. The van der Waals surface area contributed by atoms with Crippen molar-refractivity contribution in [1.29, 1.82) is 0 Å². The van der Waals surface area contributed by atoms with Gasteiger partial charge in [-0.2, -0.15) is 0 Å². The number of hydrogen-bond donors (Lipinski definition) is 2. The molecule has 1 heterocycles. The van der Waals surface area contributed by atoms with Gasteiger partial charge in [0.15, 0.2) is 0 Å². The zero-order chi connectivity index (χ0) is 17.8. The number of anilines is 1. The lowest BCUT2D eigenvalue weighted by molar-refractivity contribution is -0.111. The van der Waals surface area contributed by atoms with Gasteiger partial charge in [-0.25, -0.2) is 0 Å². The highest BCUT2D eigenvalue weighted by molar-refractivity contribution is 6.03. The Morgan fingerprint density at radius 3 is 2.64 bits per heavy atom. The summed E-state index contributed by atoms with van der Waals surface area (Å²) in [5, 5.41) is 3.82. The van der Waals surface area contributed by atoms with Gasteiger partial charge >= 0.3 is 0 Å². The molecule has 4 nitrogen and oxygen atoms in total. The van der Waals surface area contributed by atoms with Crippen LogP contribution in [0.5, 0.6) is 0 Å². The molecule has 3 rings (SSSR count). The van der Waals surface area contributed by atoms with Crippen LogP contribution in [0.3, 0.4) is 0 Å². The minimum absolute atomic E-state index is 0.0695. The minimum atomic E-state index is -0.215. The van der Waals surface area contributed by atoms with Crippen molar-refractivity contribution in [2.45, 2.75) is 20.3 Å². The predicted molar refractivity (Wildman–Crippen MR) is 103 cm³/mol. The smallest absolute Gasteiger partial charge is 0.251 e. The number of pyridine rings is 1. The van der Waals surface area contributed by atoms with Gasteiger partial charge in [0, 0.05) is 22.7 Å². The highest BCUT2D eigenvalue weighted by Gasteiger charge is 2.08. The third kappa shape index (κ3) is 3.69. The molecule has 2 aromatic carbocycles. The number of benzene rings is 2. The van der Waals surface area contributed by atoms with E-state index in [-0.39, 0.29) is 11.5 Å². The summed E-state index contributed by atoms with van der Waals surface area (Å²) in [7, 11) is 0. The summed E-state index contributed by atoms with van der Waals surface area (Å²) in [5.74, 6) is -0.215. The largest absolute Gasteiger partial charge is 0.322 e. The number of aromatic amines is 1. The zero-order valence-corrected chi connectivity index (χ0v) is 14.3. The van der Waals surface area contributed by atoms with Crippen molar-refractivity contribution in [2.24, 2.45) is 0 Å². The average molecular weight is 332 g/mol. The second-order valence-electron chi connectivity index (χ2n) is 5.90. The first-order valence-electron chi connectivity index (χ1n) is 8.28. The number of aromatic nitrogens is 1. The van der Waals surface area contributed by atoms with Crippen LogP contribution in [0.2, 0.25) is 0 Å². The predicted octanol–water partition coefficient (Wildman–Crippen LogP) is 4.05. The highest BCUT2D eigenvalue weighted by Crippen LogP contribution is 2.21. The van der Waals surface area contributed by atoms with E-state index in [1.54, 1.807) is 12.1 Å². The van der Waals surface area contributed by atoms with Gasteiger partial charge in [0.05, 0.1) is 5.52 Å². The molecule has 4 heteroatoms. The Morgan fingerprint density at radius 1 is 1.16 bits per heavy atom. The first kappa shape index (κ1) is 16.7. The molecule has 0 unspecified atom stereocenters. The van der Waals surface area contributed by atoms with Gasteiger partial charge in [-0.05, 0) is 42.7 Å². The van der Waals surface area contributed by atoms with Crippen molar-refractivity contribution in [3.05, 3.63) is 81.7 Å². The molecule has 0 aliphatic heterocycles. The molecule has 2 N–H and O–H groups in total. The molecule has 0 aliphatic rings. The van der Waals surface area contributed by atoms with Crippen LogP contribution in [-0.4, -0.2) is 10.9 Å². The molecule has 0 atom stereocenters. The number of rotatable bonds is 4. The van der Waals surface area contributed by atoms with Crippen LogP contribution in [0.25, 0.3) is 17.0 Å². The molecule has 3 aromatic rings. The van der Waals surface area contributed by atoms with Crippen LogP contribution >= 0.6 is 0 Å². The first-order chi connectivity index (χ1) is 12.1. The van der Waals surface area contributed by atoms with Gasteiger partial charge in [-0.1, -0.05) is 43.3 Å². The fourth-order valence-corrected chi connectivity index (χ4v) is 2.93. The number of amides is 1. The third-order valence-corrected chi connectivity index (χ3v) is 4.25. The Morgan fingerprint density at radius 2 is 1.92 bits per heavy atom. The average Bonchev–Trinajstić information content (AvgIpc) is 2.61. The molecular weight excluding hydrogens is 312 g/mol. The summed E-state index contributed by atoms with van der Waals surface area (Å²) >= 11 is 0. The van der Waals surface area contributed by atoms with Crippen LogP contribution < -0.4 is 10.9 Å². The number of H-pyrrole nitrogens is 1. The van der Waals surface area contributed by atoms with E-state index in [2.05, 4.69) is 10.3 Å². The maximum atomic E-state index is 12.1. The van der Waals surface area contributed by atoms with Crippen molar-refractivity contribution < 1.29 is 4.79 Å². The van der Waals surface area contributed by atoms with E-state index in [0.29, 0.717) is 12.1 Å². The summed E-state index contributed by atoms with van der Waals surface area (Å²) < 4.78 is 0. The van der Waals surface area contributed by atoms with E-state index >= 15 is 0 Å². The molecule has 0 spiro atoms. The quantitative estimate of drug-likeness (QED) is 0.708. The number of carbonyl (C=O) groups excluding carboxylic acids is 1. The Hall–Kier alpha value is -3.14. The summed E-state index contributed by atoms with van der Waals surface area (Å²) in [6, 6.07) is 15.2. The molecule has 1 amide bonds. The summed E-state index contributed by atoms with van der Waals surface area (Å²) in [6.07, 6.45) is 3.95. The molecular formula is C21H20N2O2. The van der Waals surface area contributed by atoms with E-state index in [1.165, 1.54) is 6.08 Å². The van der Waals surface area contributed by atoms with Crippen LogP contribution in [0.15, 0.2) is 59.4 Å². The number of hydrogen-bond acceptors (Lipinski definition) is 2. The van der Waals surface area contributed by atoms with Crippen LogP contribution in [0, 0.1) is 6.92 Å². The number of fused-ring (bicyclic) bond motifs is 1. The van der Waals surface area contributed by atoms with Gasteiger partial charge in [0.1, 0.15) is 0 Å². The standard InChI is InChI=1S/C21H20N2O2/c1-3-17-14(2)18-11-10-16(13-19(18)23-21(17)25)22-20(24)12-9-15-7-5-4-6-8-15/h4-13H,3H2,1-2H3,(H,22,24)(H,23,25)/b12-9-. The van der Waals surface area contributed by atoms with Gasteiger partial charge in [-0.3, -0.25) is 9.59 Å². The van der Waals surface area contributed by atoms with Gasteiger partial charge < -0.3 is 10.3 Å². The van der Waals surface area contributed by atoms with E-state index in [1.807, 2.05) is 56.3 Å².